The van der Waals surface area contributed by atoms with Gasteiger partial charge in [0.2, 0.25) is 0 Å². The molecular weight excluding hydrogens is 455 g/mol. The minimum absolute atomic E-state index is 0.0434. The maximum Gasteiger partial charge on any atom is 0.391 e. The number of carboxylic acid groups (broad SMARTS) is 1. The minimum Gasteiger partial charge on any atom is -0.490 e. The highest BCUT2D eigenvalue weighted by Gasteiger charge is 2.41. The topological polar surface area (TPSA) is 108 Å². The highest BCUT2D eigenvalue weighted by molar-refractivity contribution is 5.94. The number of alkyl halides is 3. The van der Waals surface area contributed by atoms with Gasteiger partial charge in [0.05, 0.1) is 17.9 Å². The van der Waals surface area contributed by atoms with Crippen molar-refractivity contribution in [2.75, 3.05) is 26.2 Å². The first-order valence-electron chi connectivity index (χ1n) is 11.5. The summed E-state index contributed by atoms with van der Waals surface area (Å²) < 4.78 is 44.0. The zero-order valence-electron chi connectivity index (χ0n) is 18.8. The van der Waals surface area contributed by atoms with Crippen LogP contribution in [-0.2, 0) is 4.79 Å². The van der Waals surface area contributed by atoms with Crippen LogP contribution in [0.3, 0.4) is 0 Å². The summed E-state index contributed by atoms with van der Waals surface area (Å²) in [5.74, 6) is -2.15. The molecule has 1 heterocycles. The lowest BCUT2D eigenvalue weighted by Gasteiger charge is -2.32. The number of aliphatic carboxylic acids is 1. The lowest BCUT2D eigenvalue weighted by molar-refractivity contribution is -0.183. The number of likely N-dealkylation sites (tertiary alicyclic amines) is 1. The third kappa shape index (κ3) is 7.26. The summed E-state index contributed by atoms with van der Waals surface area (Å²) in [7, 11) is 0. The maximum absolute atomic E-state index is 12.7. The summed E-state index contributed by atoms with van der Waals surface area (Å²) in [6.45, 7) is 0.439. The van der Waals surface area contributed by atoms with Crippen molar-refractivity contribution in [1.29, 1.82) is 0 Å². The number of piperidine rings is 1. The monoisotopic (exact) mass is 485 g/mol. The molecule has 1 saturated heterocycles. The second-order valence-corrected chi connectivity index (χ2v) is 8.74. The quantitative estimate of drug-likeness (QED) is 0.513. The van der Waals surface area contributed by atoms with Gasteiger partial charge in [-0.15, -0.1) is 0 Å². The third-order valence-electron chi connectivity index (χ3n) is 6.37. The summed E-state index contributed by atoms with van der Waals surface area (Å²) in [6, 6.07) is 6.18. The van der Waals surface area contributed by atoms with E-state index in [1.54, 1.807) is 24.3 Å². The van der Waals surface area contributed by atoms with Crippen molar-refractivity contribution in [1.82, 2.24) is 15.5 Å². The van der Waals surface area contributed by atoms with Crippen LogP contribution in [0.4, 0.5) is 18.0 Å². The summed E-state index contributed by atoms with van der Waals surface area (Å²) in [4.78, 5) is 36.8. The average Bonchev–Trinajstić information content (AvgIpc) is 2.82. The molecule has 0 radical (unpaired) electrons. The molecule has 3 rings (SSSR count). The average molecular weight is 486 g/mol. The number of carbonyl (C=O) groups is 3. The largest absolute Gasteiger partial charge is 0.490 e. The lowest BCUT2D eigenvalue weighted by atomic mass is 9.87. The van der Waals surface area contributed by atoms with E-state index in [-0.39, 0.29) is 56.9 Å². The first-order valence-corrected chi connectivity index (χ1v) is 11.5. The van der Waals surface area contributed by atoms with Crippen molar-refractivity contribution in [2.45, 2.75) is 50.8 Å². The van der Waals surface area contributed by atoms with Crippen molar-refractivity contribution < 1.29 is 37.4 Å². The van der Waals surface area contributed by atoms with Gasteiger partial charge in [-0.3, -0.25) is 9.59 Å². The number of hydrogen-bond acceptors (Lipinski definition) is 4. The number of ether oxygens (including phenoxy) is 1. The van der Waals surface area contributed by atoms with Crippen LogP contribution in [0, 0.1) is 11.8 Å². The molecule has 0 atom stereocenters. The van der Waals surface area contributed by atoms with Crippen LogP contribution in [0.1, 0.15) is 48.9 Å². The first kappa shape index (κ1) is 25.6. The van der Waals surface area contributed by atoms with Gasteiger partial charge in [-0.1, -0.05) is 0 Å². The van der Waals surface area contributed by atoms with Gasteiger partial charge < -0.3 is 25.4 Å². The molecule has 1 aliphatic carbocycles. The Morgan fingerprint density at radius 2 is 1.53 bits per heavy atom. The SMILES string of the molecule is O=C(NCCNC(=O)N1CCC(C(F)(F)F)CC1)c1ccc(O[C@H]2CC[C@@H](C(=O)O)CC2)cc1. The van der Waals surface area contributed by atoms with Crippen LogP contribution in [0.25, 0.3) is 0 Å². The fourth-order valence-corrected chi connectivity index (χ4v) is 4.27. The zero-order chi connectivity index (χ0) is 24.7. The fourth-order valence-electron chi connectivity index (χ4n) is 4.27. The van der Waals surface area contributed by atoms with E-state index in [1.165, 1.54) is 4.90 Å². The molecule has 1 aromatic carbocycles. The molecule has 0 bridgehead atoms. The Balaban J connectivity index is 1.33. The van der Waals surface area contributed by atoms with Crippen LogP contribution in [0.15, 0.2) is 24.3 Å². The van der Waals surface area contributed by atoms with Gasteiger partial charge in [-0.2, -0.15) is 13.2 Å². The molecule has 0 aromatic heterocycles. The third-order valence-corrected chi connectivity index (χ3v) is 6.37. The molecule has 0 unspecified atom stereocenters. The Kier molecular flexibility index (Phi) is 8.62. The van der Waals surface area contributed by atoms with Crippen molar-refractivity contribution in [3.63, 3.8) is 0 Å². The molecule has 11 heteroatoms. The number of nitrogens with zero attached hydrogens (tertiary/aromatic N) is 1. The van der Waals surface area contributed by atoms with E-state index in [4.69, 9.17) is 9.84 Å². The second kappa shape index (κ2) is 11.4. The number of carboxylic acids is 1. The Labute approximate surface area is 195 Å². The van der Waals surface area contributed by atoms with Gasteiger partial charge in [0, 0.05) is 31.7 Å². The molecule has 34 heavy (non-hydrogen) atoms. The van der Waals surface area contributed by atoms with E-state index in [0.29, 0.717) is 37.0 Å². The summed E-state index contributed by atoms with van der Waals surface area (Å²) in [6.07, 6.45) is -1.95. The van der Waals surface area contributed by atoms with Gasteiger partial charge in [-0.05, 0) is 62.8 Å². The van der Waals surface area contributed by atoms with E-state index in [1.807, 2.05) is 0 Å². The summed E-state index contributed by atoms with van der Waals surface area (Å²) >= 11 is 0. The number of rotatable bonds is 7. The van der Waals surface area contributed by atoms with E-state index >= 15 is 0 Å². The van der Waals surface area contributed by atoms with Crippen LogP contribution in [-0.4, -0.2) is 66.4 Å². The summed E-state index contributed by atoms with van der Waals surface area (Å²) in [5, 5.41) is 14.4. The van der Waals surface area contributed by atoms with E-state index in [2.05, 4.69) is 10.6 Å². The smallest absolute Gasteiger partial charge is 0.391 e. The van der Waals surface area contributed by atoms with Gasteiger partial charge in [0.25, 0.3) is 5.91 Å². The molecule has 0 spiro atoms. The van der Waals surface area contributed by atoms with E-state index in [9.17, 15) is 27.6 Å². The first-order chi connectivity index (χ1) is 16.1. The van der Waals surface area contributed by atoms with Crippen LogP contribution >= 0.6 is 0 Å². The van der Waals surface area contributed by atoms with Crippen LogP contribution in [0.2, 0.25) is 0 Å². The van der Waals surface area contributed by atoms with Crippen LogP contribution < -0.4 is 15.4 Å². The second-order valence-electron chi connectivity index (χ2n) is 8.74. The molecule has 2 fully saturated rings. The molecule has 1 saturated carbocycles. The molecule has 8 nitrogen and oxygen atoms in total. The normalized spacial score (nSPS) is 21.6. The predicted molar refractivity (Wildman–Crippen MR) is 117 cm³/mol. The zero-order valence-corrected chi connectivity index (χ0v) is 18.8. The van der Waals surface area contributed by atoms with Gasteiger partial charge in [-0.25, -0.2) is 4.79 Å². The fraction of sp³-hybridized carbons (Fsp3) is 0.609. The molecule has 1 aromatic rings. The summed E-state index contributed by atoms with van der Waals surface area (Å²) in [5.41, 5.74) is 0.419. The number of urea groups is 1. The molecular formula is C23H30F3N3O5. The number of hydrogen-bond donors (Lipinski definition) is 3. The highest BCUT2D eigenvalue weighted by Crippen LogP contribution is 2.34. The lowest BCUT2D eigenvalue weighted by Crippen LogP contribution is -2.47. The van der Waals surface area contributed by atoms with Crippen molar-refractivity contribution in [3.8, 4) is 5.75 Å². The van der Waals surface area contributed by atoms with Crippen LogP contribution in [0.5, 0.6) is 5.75 Å². The van der Waals surface area contributed by atoms with Crippen molar-refractivity contribution >= 4 is 17.9 Å². The number of nitrogens with one attached hydrogen (secondary N) is 2. The number of halogens is 3. The van der Waals surface area contributed by atoms with Crippen molar-refractivity contribution in [2.24, 2.45) is 11.8 Å². The van der Waals surface area contributed by atoms with Gasteiger partial charge in [0.15, 0.2) is 0 Å². The number of carbonyl (C=O) groups excluding carboxylic acids is 2. The Hall–Kier alpha value is -2.98. The van der Waals surface area contributed by atoms with Gasteiger partial charge >= 0.3 is 18.2 Å². The number of amides is 3. The Morgan fingerprint density at radius 1 is 0.941 bits per heavy atom. The molecule has 3 N–H and O–H groups in total. The Morgan fingerprint density at radius 3 is 2.09 bits per heavy atom. The number of benzene rings is 1. The Bertz CT molecular complexity index is 846. The minimum atomic E-state index is -4.22. The van der Waals surface area contributed by atoms with Gasteiger partial charge in [0.1, 0.15) is 5.75 Å². The standard InChI is InChI=1S/C23H30F3N3O5/c24-23(25,26)17-9-13-29(14-10-17)22(33)28-12-11-27-20(30)15-1-5-18(6-2-15)34-19-7-3-16(4-8-19)21(31)32/h1-2,5-6,16-17,19H,3-4,7-14H2,(H,27,30)(H,28,33)(H,31,32)/t16-,19+. The van der Waals surface area contributed by atoms with E-state index in [0.717, 1.165) is 0 Å². The molecule has 3 amide bonds. The highest BCUT2D eigenvalue weighted by atomic mass is 19.4. The predicted octanol–water partition coefficient (Wildman–Crippen LogP) is 3.42. The molecule has 1 aliphatic heterocycles. The molecule has 2 aliphatic rings. The van der Waals surface area contributed by atoms with E-state index < -0.39 is 24.1 Å². The molecule has 188 valence electrons. The maximum atomic E-state index is 12.7. The van der Waals surface area contributed by atoms with Crippen molar-refractivity contribution in [3.05, 3.63) is 29.8 Å².